The van der Waals surface area contributed by atoms with Gasteiger partial charge in [0.25, 0.3) is 0 Å². The quantitative estimate of drug-likeness (QED) is 0.539. The molecule has 0 heterocycles. The maximum Gasteiger partial charge on any atom is 0.417 e. The molecular formula is C14H16F6N2O2S2. The highest BCUT2D eigenvalue weighted by molar-refractivity contribution is 7.88. The van der Waals surface area contributed by atoms with Crippen molar-refractivity contribution in [3.8, 4) is 0 Å². The fraction of sp³-hybridized carbons (Fsp3) is 0.500. The molecule has 0 unspecified atom stereocenters. The molecule has 0 saturated heterocycles. The Balaban J connectivity index is 3.30. The Morgan fingerprint density at radius 2 is 1.65 bits per heavy atom. The minimum Gasteiger partial charge on any atom is -0.392 e. The molecule has 12 heteroatoms. The van der Waals surface area contributed by atoms with Gasteiger partial charge in [-0.15, -0.1) is 0 Å². The number of hydrogen-bond donors (Lipinski definition) is 1. The van der Waals surface area contributed by atoms with E-state index >= 15 is 0 Å². The summed E-state index contributed by atoms with van der Waals surface area (Å²) in [5, 5.41) is 0. The normalized spacial score (nSPS) is 13.2. The SMILES string of the molecule is CCCN(CC(N)=S)S(=O)(=O)Cc1ccc(C(F)(F)F)c(C(F)(F)F)c1. The summed E-state index contributed by atoms with van der Waals surface area (Å²) in [7, 11) is -4.13. The lowest BCUT2D eigenvalue weighted by Crippen LogP contribution is -2.38. The molecule has 0 bridgehead atoms. The van der Waals surface area contributed by atoms with Gasteiger partial charge in [-0.1, -0.05) is 25.2 Å². The molecule has 0 aromatic heterocycles. The molecule has 0 saturated carbocycles. The zero-order valence-corrected chi connectivity index (χ0v) is 15.1. The topological polar surface area (TPSA) is 63.4 Å². The van der Waals surface area contributed by atoms with E-state index in [0.29, 0.717) is 12.5 Å². The molecule has 4 nitrogen and oxygen atoms in total. The van der Waals surface area contributed by atoms with E-state index in [0.717, 1.165) is 4.31 Å². The van der Waals surface area contributed by atoms with Gasteiger partial charge >= 0.3 is 12.4 Å². The van der Waals surface area contributed by atoms with E-state index < -0.39 is 44.8 Å². The molecular weight excluding hydrogens is 406 g/mol. The monoisotopic (exact) mass is 422 g/mol. The van der Waals surface area contributed by atoms with E-state index in [1.807, 2.05) is 0 Å². The maximum absolute atomic E-state index is 12.9. The van der Waals surface area contributed by atoms with E-state index in [4.69, 9.17) is 5.73 Å². The van der Waals surface area contributed by atoms with E-state index in [1.165, 1.54) is 0 Å². The predicted molar refractivity (Wildman–Crippen MR) is 87.7 cm³/mol. The summed E-state index contributed by atoms with van der Waals surface area (Å²) < 4.78 is 103. The average molecular weight is 422 g/mol. The molecule has 26 heavy (non-hydrogen) atoms. The summed E-state index contributed by atoms with van der Waals surface area (Å²) >= 11 is 4.64. The highest BCUT2D eigenvalue weighted by atomic mass is 32.2. The fourth-order valence-corrected chi connectivity index (χ4v) is 4.02. The summed E-state index contributed by atoms with van der Waals surface area (Å²) in [4.78, 5) is -0.134. The Kier molecular flexibility index (Phi) is 7.04. The lowest BCUT2D eigenvalue weighted by Gasteiger charge is -2.22. The van der Waals surface area contributed by atoms with Crippen molar-refractivity contribution in [3.05, 3.63) is 34.9 Å². The van der Waals surface area contributed by atoms with Crippen LogP contribution in [-0.4, -0.2) is 30.8 Å². The Morgan fingerprint density at radius 1 is 1.12 bits per heavy atom. The minimum atomic E-state index is -5.29. The number of sulfonamides is 1. The summed E-state index contributed by atoms with van der Waals surface area (Å²) in [6, 6.07) is 1.14. The van der Waals surface area contributed by atoms with E-state index in [1.54, 1.807) is 6.92 Å². The van der Waals surface area contributed by atoms with Gasteiger partial charge in [-0.2, -0.15) is 30.6 Å². The van der Waals surface area contributed by atoms with Crippen molar-refractivity contribution in [2.75, 3.05) is 13.1 Å². The first-order valence-corrected chi connectivity index (χ1v) is 9.23. The molecule has 1 rings (SSSR count). The molecule has 2 N–H and O–H groups in total. The molecule has 0 atom stereocenters. The summed E-state index contributed by atoms with van der Waals surface area (Å²) in [6.07, 6.45) is -10.1. The van der Waals surface area contributed by atoms with Crippen LogP contribution in [0.2, 0.25) is 0 Å². The van der Waals surface area contributed by atoms with Crippen molar-refractivity contribution in [1.29, 1.82) is 0 Å². The van der Waals surface area contributed by atoms with Crippen molar-refractivity contribution >= 4 is 27.2 Å². The number of rotatable bonds is 7. The lowest BCUT2D eigenvalue weighted by molar-refractivity contribution is -0.162. The van der Waals surface area contributed by atoms with Crippen LogP contribution in [-0.2, 0) is 28.1 Å². The van der Waals surface area contributed by atoms with Crippen molar-refractivity contribution in [1.82, 2.24) is 4.31 Å². The number of alkyl halides is 6. The Labute approximate surface area is 152 Å². The largest absolute Gasteiger partial charge is 0.417 e. The first-order valence-electron chi connectivity index (χ1n) is 7.22. The van der Waals surface area contributed by atoms with Gasteiger partial charge in [0.15, 0.2) is 0 Å². The van der Waals surface area contributed by atoms with Gasteiger partial charge in [0, 0.05) is 6.54 Å². The molecule has 0 aliphatic carbocycles. The average Bonchev–Trinajstić information content (AvgIpc) is 2.43. The van der Waals surface area contributed by atoms with E-state index in [9.17, 15) is 34.8 Å². The molecule has 0 fully saturated rings. The van der Waals surface area contributed by atoms with Crippen LogP contribution in [0.4, 0.5) is 26.3 Å². The zero-order valence-electron chi connectivity index (χ0n) is 13.5. The highest BCUT2D eigenvalue weighted by Crippen LogP contribution is 2.40. The first-order chi connectivity index (χ1) is 11.7. The van der Waals surface area contributed by atoms with Crippen LogP contribution in [0.1, 0.15) is 30.0 Å². The van der Waals surface area contributed by atoms with Crippen LogP contribution >= 0.6 is 12.2 Å². The number of halogens is 6. The molecule has 0 radical (unpaired) electrons. The van der Waals surface area contributed by atoms with Crippen LogP contribution in [0.3, 0.4) is 0 Å². The number of thiocarbonyl (C=S) groups is 1. The summed E-state index contributed by atoms with van der Waals surface area (Å²) in [6.45, 7) is 1.38. The third-order valence-corrected chi connectivity index (χ3v) is 5.17. The van der Waals surface area contributed by atoms with Crippen LogP contribution in [0.5, 0.6) is 0 Å². The van der Waals surface area contributed by atoms with Gasteiger partial charge in [-0.3, -0.25) is 0 Å². The Morgan fingerprint density at radius 3 is 2.08 bits per heavy atom. The maximum atomic E-state index is 12.9. The Hall–Kier alpha value is -1.40. The molecule has 0 aliphatic heterocycles. The van der Waals surface area contributed by atoms with Gasteiger partial charge in [-0.05, 0) is 24.1 Å². The second-order valence-electron chi connectivity index (χ2n) is 5.43. The van der Waals surface area contributed by atoms with Crippen molar-refractivity contribution < 1.29 is 34.8 Å². The third-order valence-electron chi connectivity index (χ3n) is 3.24. The third kappa shape index (κ3) is 6.09. The van der Waals surface area contributed by atoms with Crippen molar-refractivity contribution in [2.45, 2.75) is 31.5 Å². The van der Waals surface area contributed by atoms with Gasteiger partial charge in [0.2, 0.25) is 10.0 Å². The number of benzene rings is 1. The van der Waals surface area contributed by atoms with Gasteiger partial charge in [-0.25, -0.2) is 8.42 Å². The number of hydrogen-bond acceptors (Lipinski definition) is 3. The second kappa shape index (κ2) is 8.09. The second-order valence-corrected chi connectivity index (χ2v) is 7.92. The van der Waals surface area contributed by atoms with Crippen LogP contribution < -0.4 is 5.73 Å². The van der Waals surface area contributed by atoms with Gasteiger partial charge in [0.1, 0.15) is 0 Å². The number of nitrogens with two attached hydrogens (primary N) is 1. The first kappa shape index (κ1) is 22.6. The summed E-state index contributed by atoms with van der Waals surface area (Å²) in [5.41, 5.74) is 1.08. The standard InChI is InChI=1S/C14H16F6N2O2S2/c1-2-5-22(7-12(21)25)26(23,24)8-9-3-4-10(13(15,16)17)11(6-9)14(18,19)20/h3-4,6H,2,5,7-8H2,1H3,(H2,21,25). The van der Waals surface area contributed by atoms with Crippen molar-refractivity contribution in [2.24, 2.45) is 5.73 Å². The van der Waals surface area contributed by atoms with Crippen LogP contribution in [0, 0.1) is 0 Å². The number of nitrogens with zero attached hydrogens (tertiary/aromatic N) is 1. The van der Waals surface area contributed by atoms with Gasteiger partial charge in [0.05, 0.1) is 28.4 Å². The van der Waals surface area contributed by atoms with Crippen LogP contribution in [0.25, 0.3) is 0 Å². The Bertz CT molecular complexity index is 760. The zero-order chi connectivity index (χ0) is 20.3. The van der Waals surface area contributed by atoms with Gasteiger partial charge < -0.3 is 5.73 Å². The molecule has 0 spiro atoms. The molecule has 1 aromatic rings. The van der Waals surface area contributed by atoms with Crippen molar-refractivity contribution in [3.63, 3.8) is 0 Å². The summed E-state index contributed by atoms with van der Waals surface area (Å²) in [5.74, 6) is -0.906. The fourth-order valence-electron chi connectivity index (χ4n) is 2.20. The molecule has 148 valence electrons. The minimum absolute atomic E-state index is 0.0203. The smallest absolute Gasteiger partial charge is 0.392 e. The molecule has 1 aromatic carbocycles. The highest BCUT2D eigenvalue weighted by Gasteiger charge is 2.43. The lowest BCUT2D eigenvalue weighted by atomic mass is 10.0. The van der Waals surface area contributed by atoms with Crippen LogP contribution in [0.15, 0.2) is 18.2 Å². The molecule has 0 amide bonds. The predicted octanol–water partition coefficient (Wildman–Crippen LogP) is 3.55. The van der Waals surface area contributed by atoms with E-state index in [-0.39, 0.29) is 30.2 Å². The van der Waals surface area contributed by atoms with E-state index in [2.05, 4.69) is 12.2 Å². The molecule has 0 aliphatic rings.